The third-order valence-corrected chi connectivity index (χ3v) is 12.1. The molecular weight excluding hydrogens is 784 g/mol. The molecule has 0 saturated heterocycles. The number of hydrogen-bond acceptors (Lipinski definition) is 7. The molecule has 1 rings (SSSR count). The molecule has 334 valence electrons. The standard InChI is InChI=1S/C50H86O7S.K/c1-3-5-7-9-11-13-15-17-19-21-23-25-27-29-31-33-35-37-39-44-56-49(51)46-42-41-43-47(58(53,54)55)48(46)50(52)57-45-40-38-36-34-32-30-28-26-24-22-20-18-16-14-12-10-8-6-4-2;/h3-6,41-43H,7-40,44-45H2,1-2H3,(H,53,54,55);/q;+1/p-1/b5-3+,6-4+;. The van der Waals surface area contributed by atoms with Crippen molar-refractivity contribution < 1.29 is 83.4 Å². The molecule has 7 nitrogen and oxygen atoms in total. The molecule has 0 aliphatic heterocycles. The van der Waals surface area contributed by atoms with Crippen molar-refractivity contribution >= 4 is 22.1 Å². The molecule has 0 heterocycles. The first-order chi connectivity index (χ1) is 28.3. The first kappa shape index (κ1) is 58.2. The molecule has 9 heteroatoms. The minimum absolute atomic E-state index is 0. The normalized spacial score (nSPS) is 11.7. The fourth-order valence-electron chi connectivity index (χ4n) is 7.61. The van der Waals surface area contributed by atoms with Crippen LogP contribution in [0.5, 0.6) is 0 Å². The van der Waals surface area contributed by atoms with Crippen LogP contribution in [-0.4, -0.2) is 38.1 Å². The van der Waals surface area contributed by atoms with Crippen LogP contribution in [0.4, 0.5) is 0 Å². The summed E-state index contributed by atoms with van der Waals surface area (Å²) in [7, 11) is -5.02. The fraction of sp³-hybridized carbons (Fsp3) is 0.760. The molecule has 0 N–H and O–H groups in total. The van der Waals surface area contributed by atoms with Gasteiger partial charge in [-0.1, -0.05) is 210 Å². The fourth-order valence-corrected chi connectivity index (χ4v) is 8.30. The van der Waals surface area contributed by atoms with Crippen molar-refractivity contribution in [2.75, 3.05) is 13.2 Å². The molecule has 0 spiro atoms. The van der Waals surface area contributed by atoms with Crippen LogP contribution in [0.25, 0.3) is 0 Å². The zero-order chi connectivity index (χ0) is 42.2. The third-order valence-electron chi connectivity index (χ3n) is 11.2. The zero-order valence-electron chi connectivity index (χ0n) is 38.3. The number of esters is 2. The van der Waals surface area contributed by atoms with Gasteiger partial charge in [0.25, 0.3) is 0 Å². The maximum absolute atomic E-state index is 13.1. The average Bonchev–Trinajstić information content (AvgIpc) is 3.21. The van der Waals surface area contributed by atoms with Gasteiger partial charge >= 0.3 is 63.3 Å². The smallest absolute Gasteiger partial charge is 0.744 e. The molecule has 0 amide bonds. The van der Waals surface area contributed by atoms with Gasteiger partial charge in [0.05, 0.1) is 29.2 Å². The number of hydrogen-bond donors (Lipinski definition) is 0. The summed E-state index contributed by atoms with van der Waals surface area (Å²) in [6.45, 7) is 4.43. The second-order valence-corrected chi connectivity index (χ2v) is 17.8. The van der Waals surface area contributed by atoms with E-state index in [9.17, 15) is 22.6 Å². The van der Waals surface area contributed by atoms with Crippen molar-refractivity contribution in [1.82, 2.24) is 0 Å². The summed E-state index contributed by atoms with van der Waals surface area (Å²) >= 11 is 0. The monoisotopic (exact) mass is 869 g/mol. The SMILES string of the molecule is C/C=C/CCCCCCCCCCCCCCCCCCOC(=O)c1cccc(S(=O)(=O)[O-])c1C(=O)OCCCCCCCCCCCCCCCCCC/C=C/C.[K+]. The second kappa shape index (κ2) is 42.5. The first-order valence-electron chi connectivity index (χ1n) is 24.0. The molecule has 0 aromatic heterocycles. The van der Waals surface area contributed by atoms with Gasteiger partial charge in [-0.05, 0) is 64.5 Å². The minimum atomic E-state index is -5.02. The van der Waals surface area contributed by atoms with Crippen LogP contribution in [0.3, 0.4) is 0 Å². The summed E-state index contributed by atoms with van der Waals surface area (Å²) in [6, 6.07) is 3.64. The number of carbonyl (C=O) groups excluding carboxylic acids is 2. The van der Waals surface area contributed by atoms with Crippen molar-refractivity contribution in [2.24, 2.45) is 0 Å². The summed E-state index contributed by atoms with van der Waals surface area (Å²) in [6.07, 6.45) is 50.6. The largest absolute Gasteiger partial charge is 1.00 e. The van der Waals surface area contributed by atoms with E-state index in [4.69, 9.17) is 9.47 Å². The summed E-state index contributed by atoms with van der Waals surface area (Å²) in [5, 5.41) is 0. The Balaban J connectivity index is 0.0000336. The van der Waals surface area contributed by atoms with E-state index in [2.05, 4.69) is 38.2 Å². The molecule has 1 aromatic rings. The number of rotatable bonds is 41. The van der Waals surface area contributed by atoms with Gasteiger partial charge in [-0.25, -0.2) is 18.0 Å². The minimum Gasteiger partial charge on any atom is -0.744 e. The average molecular weight is 869 g/mol. The number of carbonyl (C=O) groups is 2. The van der Waals surface area contributed by atoms with Crippen LogP contribution in [-0.2, 0) is 19.6 Å². The van der Waals surface area contributed by atoms with Crippen molar-refractivity contribution in [1.29, 1.82) is 0 Å². The van der Waals surface area contributed by atoms with Crippen LogP contribution >= 0.6 is 0 Å². The Kier molecular flexibility index (Phi) is 41.9. The number of unbranched alkanes of at least 4 members (excludes halogenated alkanes) is 32. The van der Waals surface area contributed by atoms with E-state index in [1.54, 1.807) is 0 Å². The molecule has 0 radical (unpaired) electrons. The molecule has 59 heavy (non-hydrogen) atoms. The third kappa shape index (κ3) is 34.4. The van der Waals surface area contributed by atoms with Gasteiger partial charge in [0.2, 0.25) is 0 Å². The second-order valence-electron chi connectivity index (χ2n) is 16.4. The van der Waals surface area contributed by atoms with Crippen LogP contribution in [0.15, 0.2) is 47.4 Å². The predicted octanol–water partition coefficient (Wildman–Crippen LogP) is 12.3. The Morgan fingerprint density at radius 2 is 0.763 bits per heavy atom. The van der Waals surface area contributed by atoms with E-state index in [0.29, 0.717) is 12.8 Å². The van der Waals surface area contributed by atoms with Crippen molar-refractivity contribution in [3.63, 3.8) is 0 Å². The van der Waals surface area contributed by atoms with E-state index in [0.717, 1.165) is 44.6 Å². The summed E-state index contributed by atoms with van der Waals surface area (Å²) in [4.78, 5) is 25.3. The van der Waals surface area contributed by atoms with Gasteiger partial charge < -0.3 is 14.0 Å². The zero-order valence-corrected chi connectivity index (χ0v) is 42.2. The topological polar surface area (TPSA) is 110 Å². The van der Waals surface area contributed by atoms with Crippen molar-refractivity contribution in [3.8, 4) is 0 Å². The first-order valence-corrected chi connectivity index (χ1v) is 25.4. The molecule has 0 saturated carbocycles. The van der Waals surface area contributed by atoms with E-state index >= 15 is 0 Å². The van der Waals surface area contributed by atoms with Gasteiger partial charge in [-0.15, -0.1) is 0 Å². The van der Waals surface area contributed by atoms with Crippen LogP contribution in [0, 0.1) is 0 Å². The molecule has 0 atom stereocenters. The number of ether oxygens (including phenoxy) is 2. The maximum atomic E-state index is 13.1. The maximum Gasteiger partial charge on any atom is 1.00 e. The molecule has 0 aliphatic rings. The molecular formula is C50H85KO7S. The van der Waals surface area contributed by atoms with E-state index in [1.165, 1.54) is 179 Å². The van der Waals surface area contributed by atoms with Crippen LogP contribution < -0.4 is 51.4 Å². The Hall–Kier alpha value is -0.814. The number of allylic oxidation sites excluding steroid dienone is 4. The predicted molar refractivity (Wildman–Crippen MR) is 242 cm³/mol. The molecule has 0 bridgehead atoms. The Bertz CT molecular complexity index is 1310. The molecule has 0 unspecified atom stereocenters. The molecule has 0 fully saturated rings. The summed E-state index contributed by atoms with van der Waals surface area (Å²) in [5.41, 5.74) is -0.770. The van der Waals surface area contributed by atoms with Crippen LogP contribution in [0.1, 0.15) is 253 Å². The van der Waals surface area contributed by atoms with Gasteiger partial charge in [-0.2, -0.15) is 0 Å². The van der Waals surface area contributed by atoms with E-state index in [-0.39, 0.29) is 70.2 Å². The quantitative estimate of drug-likeness (QED) is 0.0212. The molecule has 0 aliphatic carbocycles. The van der Waals surface area contributed by atoms with E-state index < -0.39 is 32.5 Å². The van der Waals surface area contributed by atoms with Gasteiger partial charge in [0.1, 0.15) is 10.1 Å². The van der Waals surface area contributed by atoms with Gasteiger partial charge in [0, 0.05) is 0 Å². The van der Waals surface area contributed by atoms with Crippen LogP contribution in [0.2, 0.25) is 0 Å². The van der Waals surface area contributed by atoms with Crippen molar-refractivity contribution in [3.05, 3.63) is 53.6 Å². The summed E-state index contributed by atoms with van der Waals surface area (Å²) < 4.78 is 46.9. The van der Waals surface area contributed by atoms with Gasteiger partial charge in [0.15, 0.2) is 0 Å². The van der Waals surface area contributed by atoms with Gasteiger partial charge in [-0.3, -0.25) is 0 Å². The Morgan fingerprint density at radius 3 is 1.07 bits per heavy atom. The number of benzene rings is 1. The summed E-state index contributed by atoms with van der Waals surface area (Å²) in [5.74, 6) is -1.80. The Labute approximate surface area is 405 Å². The van der Waals surface area contributed by atoms with Crippen molar-refractivity contribution in [2.45, 2.75) is 237 Å². The Morgan fingerprint density at radius 1 is 0.475 bits per heavy atom. The van der Waals surface area contributed by atoms with E-state index in [1.807, 2.05) is 0 Å². The molecule has 1 aromatic carbocycles.